The molecule has 5 nitrogen and oxygen atoms in total. The summed E-state index contributed by atoms with van der Waals surface area (Å²) in [6, 6.07) is 0. The Kier molecular flexibility index (Phi) is 4.95. The fourth-order valence-electron chi connectivity index (χ4n) is 3.70. The molecule has 0 radical (unpaired) electrons. The average molecular weight is 363 g/mol. The van der Waals surface area contributed by atoms with Crippen LogP contribution in [-0.2, 0) is 19.4 Å². The second kappa shape index (κ2) is 6.72. The number of hydrogen-bond acceptors (Lipinski definition) is 5. The fourth-order valence-corrected chi connectivity index (χ4v) is 4.99. The monoisotopic (exact) mass is 362 g/mol. The molecule has 6 heteroatoms. The van der Waals surface area contributed by atoms with Crippen LogP contribution in [0.25, 0.3) is 10.2 Å². The first-order chi connectivity index (χ1) is 11.7. The number of aryl methyl sites for hydroxylation is 1. The first-order valence-electron chi connectivity index (χ1n) is 9.24. The van der Waals surface area contributed by atoms with E-state index in [1.54, 1.807) is 15.9 Å². The fraction of sp³-hybridized carbons (Fsp3) is 0.684. The van der Waals surface area contributed by atoms with Gasteiger partial charge in [0, 0.05) is 11.4 Å². The lowest BCUT2D eigenvalue weighted by Crippen LogP contribution is -2.29. The normalized spacial score (nSPS) is 18.0. The molecule has 3 rings (SSSR count). The summed E-state index contributed by atoms with van der Waals surface area (Å²) >= 11 is 1.68. The van der Waals surface area contributed by atoms with E-state index in [0.717, 1.165) is 35.9 Å². The van der Waals surface area contributed by atoms with Crippen LogP contribution in [0, 0.1) is 17.3 Å². The van der Waals surface area contributed by atoms with E-state index >= 15 is 0 Å². The standard InChI is InChI=1S/C19H30N4OS/c1-11(2)8-9-23-17(24)15-13-7-6-12(19(3,4)5)10-14(13)25-16(15)21-18(23)22-20/h11-12H,6-10,20H2,1-5H3,(H,21,22). The molecule has 0 saturated carbocycles. The summed E-state index contributed by atoms with van der Waals surface area (Å²) in [5.41, 5.74) is 4.22. The van der Waals surface area contributed by atoms with Crippen LogP contribution in [0.4, 0.5) is 5.95 Å². The number of hydrazine groups is 1. The Morgan fingerprint density at radius 2 is 2.12 bits per heavy atom. The molecular formula is C19H30N4OS. The zero-order valence-corrected chi connectivity index (χ0v) is 16.8. The van der Waals surface area contributed by atoms with E-state index in [2.05, 4.69) is 45.0 Å². The predicted molar refractivity (Wildman–Crippen MR) is 106 cm³/mol. The molecule has 2 aromatic heterocycles. The molecule has 0 bridgehead atoms. The molecule has 1 atom stereocenters. The van der Waals surface area contributed by atoms with E-state index in [9.17, 15) is 4.79 Å². The third kappa shape index (κ3) is 3.47. The van der Waals surface area contributed by atoms with Crippen molar-refractivity contribution in [2.24, 2.45) is 23.1 Å². The van der Waals surface area contributed by atoms with E-state index in [1.807, 2.05) is 0 Å². The molecule has 0 aromatic carbocycles. The molecule has 2 heterocycles. The Hall–Kier alpha value is -1.40. The molecule has 0 fully saturated rings. The number of nitrogens with two attached hydrogens (primary N) is 1. The lowest BCUT2D eigenvalue weighted by atomic mass is 9.72. The van der Waals surface area contributed by atoms with Gasteiger partial charge in [-0.2, -0.15) is 0 Å². The van der Waals surface area contributed by atoms with Crippen molar-refractivity contribution in [2.45, 2.75) is 66.8 Å². The molecule has 3 N–H and O–H groups in total. The lowest BCUT2D eigenvalue weighted by molar-refractivity contribution is 0.218. The summed E-state index contributed by atoms with van der Waals surface area (Å²) in [4.78, 5) is 20.0. The summed E-state index contributed by atoms with van der Waals surface area (Å²) < 4.78 is 1.71. The highest BCUT2D eigenvalue weighted by atomic mass is 32.1. The molecule has 1 aliphatic carbocycles. The molecule has 0 saturated heterocycles. The van der Waals surface area contributed by atoms with Crippen LogP contribution in [-0.4, -0.2) is 9.55 Å². The topological polar surface area (TPSA) is 72.9 Å². The molecule has 1 unspecified atom stereocenters. The van der Waals surface area contributed by atoms with Gasteiger partial charge in [-0.3, -0.25) is 14.8 Å². The minimum atomic E-state index is 0.0605. The third-order valence-electron chi connectivity index (χ3n) is 5.45. The van der Waals surface area contributed by atoms with Crippen molar-refractivity contribution < 1.29 is 0 Å². The van der Waals surface area contributed by atoms with Crippen LogP contribution in [0.3, 0.4) is 0 Å². The molecular weight excluding hydrogens is 332 g/mol. The minimum absolute atomic E-state index is 0.0605. The SMILES string of the molecule is CC(C)CCn1c(NN)nc2sc3c(c2c1=O)CCC(C(C)(C)C)C3. The van der Waals surface area contributed by atoms with Crippen molar-refractivity contribution in [3.05, 3.63) is 20.8 Å². The van der Waals surface area contributed by atoms with Gasteiger partial charge in [-0.1, -0.05) is 34.6 Å². The first-order valence-corrected chi connectivity index (χ1v) is 10.1. The lowest BCUT2D eigenvalue weighted by Gasteiger charge is -2.33. The summed E-state index contributed by atoms with van der Waals surface area (Å²) in [6.45, 7) is 11.9. The largest absolute Gasteiger partial charge is 0.294 e. The maximum absolute atomic E-state index is 13.2. The van der Waals surface area contributed by atoms with Gasteiger partial charge in [-0.05, 0) is 48.5 Å². The van der Waals surface area contributed by atoms with Crippen LogP contribution < -0.4 is 16.8 Å². The Bertz CT molecular complexity index is 829. The second-order valence-corrected chi connectivity index (χ2v) is 9.79. The van der Waals surface area contributed by atoms with E-state index in [0.29, 0.717) is 29.7 Å². The summed E-state index contributed by atoms with van der Waals surface area (Å²) in [7, 11) is 0. The van der Waals surface area contributed by atoms with Gasteiger partial charge in [0.15, 0.2) is 0 Å². The van der Waals surface area contributed by atoms with E-state index in [1.165, 1.54) is 10.4 Å². The molecule has 0 spiro atoms. The zero-order chi connectivity index (χ0) is 18.4. The Labute approximate surface area is 153 Å². The molecule has 1 aliphatic rings. The van der Waals surface area contributed by atoms with E-state index < -0.39 is 0 Å². The number of anilines is 1. The van der Waals surface area contributed by atoms with E-state index in [-0.39, 0.29) is 5.56 Å². The van der Waals surface area contributed by atoms with Gasteiger partial charge in [0.25, 0.3) is 5.56 Å². The van der Waals surface area contributed by atoms with Crippen LogP contribution in [0.15, 0.2) is 4.79 Å². The van der Waals surface area contributed by atoms with Gasteiger partial charge in [0.1, 0.15) is 4.83 Å². The smallest absolute Gasteiger partial charge is 0.263 e. The number of rotatable bonds is 4. The van der Waals surface area contributed by atoms with Crippen molar-refractivity contribution in [1.82, 2.24) is 9.55 Å². The number of thiophene rings is 1. The number of nitrogens with one attached hydrogen (secondary N) is 1. The van der Waals surface area contributed by atoms with Crippen molar-refractivity contribution in [1.29, 1.82) is 0 Å². The molecule has 25 heavy (non-hydrogen) atoms. The molecule has 2 aromatic rings. The number of fused-ring (bicyclic) bond motifs is 3. The van der Waals surface area contributed by atoms with Gasteiger partial charge < -0.3 is 0 Å². The van der Waals surface area contributed by atoms with Crippen LogP contribution in [0.5, 0.6) is 0 Å². The second-order valence-electron chi connectivity index (χ2n) is 8.71. The van der Waals surface area contributed by atoms with Crippen LogP contribution in [0.2, 0.25) is 0 Å². The van der Waals surface area contributed by atoms with Crippen molar-refractivity contribution in [3.8, 4) is 0 Å². The van der Waals surface area contributed by atoms with E-state index in [4.69, 9.17) is 5.84 Å². The minimum Gasteiger partial charge on any atom is -0.294 e. The maximum atomic E-state index is 13.2. The number of hydrogen-bond donors (Lipinski definition) is 2. The predicted octanol–water partition coefficient (Wildman–Crippen LogP) is 3.94. The average Bonchev–Trinajstić information content (AvgIpc) is 2.90. The highest BCUT2D eigenvalue weighted by Crippen LogP contribution is 2.42. The third-order valence-corrected chi connectivity index (χ3v) is 6.60. The highest BCUT2D eigenvalue weighted by molar-refractivity contribution is 7.18. The highest BCUT2D eigenvalue weighted by Gasteiger charge is 2.32. The Balaban J connectivity index is 2.08. The number of nitrogens with zero attached hydrogens (tertiary/aromatic N) is 2. The number of nitrogen functional groups attached to an aromatic ring is 1. The summed E-state index contributed by atoms with van der Waals surface area (Å²) in [5.74, 6) is 7.31. The van der Waals surface area contributed by atoms with Gasteiger partial charge >= 0.3 is 0 Å². The van der Waals surface area contributed by atoms with Crippen molar-refractivity contribution in [3.63, 3.8) is 0 Å². The quantitative estimate of drug-likeness (QED) is 0.638. The van der Waals surface area contributed by atoms with Gasteiger partial charge in [0.2, 0.25) is 5.95 Å². The Morgan fingerprint density at radius 1 is 1.40 bits per heavy atom. The van der Waals surface area contributed by atoms with Gasteiger partial charge in [-0.15, -0.1) is 11.3 Å². The zero-order valence-electron chi connectivity index (χ0n) is 16.0. The summed E-state index contributed by atoms with van der Waals surface area (Å²) in [6.07, 6.45) is 4.11. The van der Waals surface area contributed by atoms with Crippen molar-refractivity contribution >= 4 is 27.5 Å². The molecule has 0 aliphatic heterocycles. The van der Waals surface area contributed by atoms with Gasteiger partial charge in [-0.25, -0.2) is 10.8 Å². The van der Waals surface area contributed by atoms with Crippen LogP contribution >= 0.6 is 11.3 Å². The summed E-state index contributed by atoms with van der Waals surface area (Å²) in [5, 5.41) is 0.829. The molecule has 138 valence electrons. The Morgan fingerprint density at radius 3 is 2.72 bits per heavy atom. The number of aromatic nitrogens is 2. The maximum Gasteiger partial charge on any atom is 0.263 e. The van der Waals surface area contributed by atoms with Crippen LogP contribution in [0.1, 0.15) is 57.9 Å². The van der Waals surface area contributed by atoms with Gasteiger partial charge in [0.05, 0.1) is 5.39 Å². The van der Waals surface area contributed by atoms with Crippen molar-refractivity contribution in [2.75, 3.05) is 5.43 Å². The first kappa shape index (κ1) is 18.4. The molecule has 0 amide bonds.